The minimum absolute atomic E-state index is 0.0219. The number of ether oxygens (including phenoxy) is 1. The number of aromatic nitrogens is 1. The summed E-state index contributed by atoms with van der Waals surface area (Å²) in [4.78, 5) is 27.5. The maximum absolute atomic E-state index is 12.2. The molecule has 3 rings (SSSR count). The molecule has 11 heteroatoms. The fourth-order valence-corrected chi connectivity index (χ4v) is 3.13. The lowest BCUT2D eigenvalue weighted by Gasteiger charge is -2.09. The molecule has 0 aliphatic heterocycles. The largest absolute Gasteiger partial charge is 0.573 e. The maximum atomic E-state index is 12.2. The molecule has 2 aromatic carbocycles. The van der Waals surface area contributed by atoms with Crippen molar-refractivity contribution < 1.29 is 27.5 Å². The summed E-state index contributed by atoms with van der Waals surface area (Å²) in [7, 11) is 0. The van der Waals surface area contributed by atoms with Crippen LogP contribution in [0.3, 0.4) is 0 Å². The lowest BCUT2D eigenvalue weighted by Crippen LogP contribution is -2.16. The molecular formula is C19H15F3N4O3S. The molecule has 0 atom stereocenters. The van der Waals surface area contributed by atoms with Crippen molar-refractivity contribution in [3.05, 3.63) is 65.2 Å². The summed E-state index contributed by atoms with van der Waals surface area (Å²) in [6.07, 6.45) is -4.72. The smallest absolute Gasteiger partial charge is 0.406 e. The molecule has 1 heterocycles. The molecule has 7 nitrogen and oxygen atoms in total. The van der Waals surface area contributed by atoms with Crippen LogP contribution in [0.25, 0.3) is 0 Å². The summed E-state index contributed by atoms with van der Waals surface area (Å²) < 4.78 is 40.4. The van der Waals surface area contributed by atoms with Crippen molar-refractivity contribution in [1.29, 1.82) is 0 Å². The first-order valence-corrected chi connectivity index (χ1v) is 9.33. The summed E-state index contributed by atoms with van der Waals surface area (Å²) in [5.41, 5.74) is 7.05. The van der Waals surface area contributed by atoms with Gasteiger partial charge in [-0.3, -0.25) is 9.59 Å². The molecule has 0 fully saturated rings. The number of carbonyl (C=O) groups excluding carboxylic acids is 2. The molecule has 1 aromatic heterocycles. The maximum Gasteiger partial charge on any atom is 0.573 e. The minimum Gasteiger partial charge on any atom is -0.406 e. The van der Waals surface area contributed by atoms with E-state index >= 15 is 0 Å². The van der Waals surface area contributed by atoms with E-state index in [4.69, 9.17) is 5.73 Å². The van der Waals surface area contributed by atoms with Gasteiger partial charge in [0, 0.05) is 22.3 Å². The van der Waals surface area contributed by atoms with E-state index in [-0.39, 0.29) is 18.1 Å². The van der Waals surface area contributed by atoms with Gasteiger partial charge in [-0.2, -0.15) is 0 Å². The van der Waals surface area contributed by atoms with Gasteiger partial charge in [0.15, 0.2) is 5.13 Å². The van der Waals surface area contributed by atoms with E-state index < -0.39 is 12.3 Å². The molecule has 0 radical (unpaired) electrons. The first-order valence-electron chi connectivity index (χ1n) is 8.45. The van der Waals surface area contributed by atoms with Gasteiger partial charge in [-0.05, 0) is 48.5 Å². The quantitative estimate of drug-likeness (QED) is 0.518. The van der Waals surface area contributed by atoms with E-state index in [1.807, 2.05) is 0 Å². The van der Waals surface area contributed by atoms with Crippen molar-refractivity contribution in [3.8, 4) is 5.75 Å². The number of nitrogens with two attached hydrogens (primary N) is 1. The number of rotatable bonds is 7. The molecule has 0 bridgehead atoms. The normalized spacial score (nSPS) is 11.0. The lowest BCUT2D eigenvalue weighted by molar-refractivity contribution is -0.274. The second kappa shape index (κ2) is 8.82. The highest BCUT2D eigenvalue weighted by Crippen LogP contribution is 2.26. The Balaban J connectivity index is 1.54. The Morgan fingerprint density at radius 3 is 2.27 bits per heavy atom. The van der Waals surface area contributed by atoms with Crippen LogP contribution in [0.5, 0.6) is 5.75 Å². The van der Waals surface area contributed by atoms with Crippen molar-refractivity contribution in [1.82, 2.24) is 4.98 Å². The first-order chi connectivity index (χ1) is 14.2. The Morgan fingerprint density at radius 1 is 1.03 bits per heavy atom. The number of thiazole rings is 1. The fourth-order valence-electron chi connectivity index (χ4n) is 2.40. The SMILES string of the molecule is NC(=O)c1ccc(NC(=O)Cc2csc(Nc3ccc(OC(F)(F)F)cc3)n2)cc1. The zero-order valence-corrected chi connectivity index (χ0v) is 16.0. The first kappa shape index (κ1) is 21.1. The summed E-state index contributed by atoms with van der Waals surface area (Å²) in [5, 5.41) is 7.81. The number of carbonyl (C=O) groups is 2. The Morgan fingerprint density at radius 2 is 1.67 bits per heavy atom. The van der Waals surface area contributed by atoms with Crippen LogP contribution in [-0.4, -0.2) is 23.2 Å². The van der Waals surface area contributed by atoms with Crippen LogP contribution in [0.2, 0.25) is 0 Å². The number of alkyl halides is 3. The number of nitrogens with one attached hydrogen (secondary N) is 2. The zero-order valence-electron chi connectivity index (χ0n) is 15.2. The van der Waals surface area contributed by atoms with Gasteiger partial charge in [-0.15, -0.1) is 24.5 Å². The third-order valence-corrected chi connectivity index (χ3v) is 4.49. The average Bonchev–Trinajstić information content (AvgIpc) is 3.09. The van der Waals surface area contributed by atoms with Crippen LogP contribution in [0, 0.1) is 0 Å². The number of benzene rings is 2. The summed E-state index contributed by atoms with van der Waals surface area (Å²) in [6, 6.07) is 11.4. The van der Waals surface area contributed by atoms with Crippen LogP contribution < -0.4 is 21.1 Å². The van der Waals surface area contributed by atoms with Crippen LogP contribution in [0.15, 0.2) is 53.9 Å². The molecule has 156 valence electrons. The van der Waals surface area contributed by atoms with Crippen molar-refractivity contribution in [2.45, 2.75) is 12.8 Å². The summed E-state index contributed by atoms with van der Waals surface area (Å²) in [5.74, 6) is -1.18. The highest BCUT2D eigenvalue weighted by Gasteiger charge is 2.30. The molecule has 2 amide bonds. The number of amides is 2. The van der Waals surface area contributed by atoms with E-state index in [0.29, 0.717) is 27.8 Å². The third-order valence-electron chi connectivity index (χ3n) is 3.69. The predicted octanol–water partition coefficient (Wildman–Crippen LogP) is 4.07. The summed E-state index contributed by atoms with van der Waals surface area (Å²) in [6.45, 7) is 0. The van der Waals surface area contributed by atoms with Crippen molar-refractivity contribution >= 4 is 39.7 Å². The van der Waals surface area contributed by atoms with Crippen molar-refractivity contribution in [2.24, 2.45) is 5.73 Å². The number of primary amides is 1. The molecule has 3 aromatic rings. The fraction of sp³-hybridized carbons (Fsp3) is 0.105. The van der Waals surface area contributed by atoms with Crippen LogP contribution >= 0.6 is 11.3 Å². The number of nitrogens with zero attached hydrogens (tertiary/aromatic N) is 1. The second-order valence-electron chi connectivity index (χ2n) is 6.01. The van der Waals surface area contributed by atoms with Gasteiger partial charge >= 0.3 is 6.36 Å². The highest BCUT2D eigenvalue weighted by atomic mass is 32.1. The Hall–Kier alpha value is -3.60. The van der Waals surface area contributed by atoms with Gasteiger partial charge in [0.2, 0.25) is 11.8 Å². The van der Waals surface area contributed by atoms with E-state index in [1.165, 1.54) is 47.7 Å². The van der Waals surface area contributed by atoms with E-state index in [9.17, 15) is 22.8 Å². The minimum atomic E-state index is -4.75. The van der Waals surface area contributed by atoms with E-state index in [1.54, 1.807) is 17.5 Å². The van der Waals surface area contributed by atoms with Gasteiger partial charge in [0.05, 0.1) is 12.1 Å². The molecule has 0 aliphatic carbocycles. The molecule has 0 spiro atoms. The molecule has 0 saturated heterocycles. The van der Waals surface area contributed by atoms with Gasteiger partial charge in [0.25, 0.3) is 0 Å². The third kappa shape index (κ3) is 6.21. The van der Waals surface area contributed by atoms with Crippen LogP contribution in [0.1, 0.15) is 16.1 Å². The highest BCUT2D eigenvalue weighted by molar-refractivity contribution is 7.13. The van der Waals surface area contributed by atoms with Gasteiger partial charge < -0.3 is 21.1 Å². The van der Waals surface area contributed by atoms with Gasteiger partial charge in [-0.25, -0.2) is 4.98 Å². The molecule has 0 aliphatic rings. The Labute approximate surface area is 172 Å². The second-order valence-corrected chi connectivity index (χ2v) is 6.87. The van der Waals surface area contributed by atoms with Gasteiger partial charge in [0.1, 0.15) is 5.75 Å². The molecule has 0 saturated carbocycles. The van der Waals surface area contributed by atoms with E-state index in [2.05, 4.69) is 20.4 Å². The predicted molar refractivity (Wildman–Crippen MR) is 106 cm³/mol. The standard InChI is InChI=1S/C19H15F3N4O3S/c20-19(21,22)29-15-7-5-13(6-8-15)25-18-26-14(10-30-18)9-16(27)24-12-3-1-11(2-4-12)17(23)28/h1-8,10H,9H2,(H2,23,28)(H,24,27)(H,25,26). The lowest BCUT2D eigenvalue weighted by atomic mass is 10.2. The van der Waals surface area contributed by atoms with Crippen molar-refractivity contribution in [3.63, 3.8) is 0 Å². The van der Waals surface area contributed by atoms with Crippen LogP contribution in [0.4, 0.5) is 29.7 Å². The number of anilines is 3. The summed E-state index contributed by atoms with van der Waals surface area (Å²) >= 11 is 1.25. The monoisotopic (exact) mass is 436 g/mol. The zero-order chi connectivity index (χ0) is 21.7. The Kier molecular flexibility index (Phi) is 6.21. The molecular weight excluding hydrogens is 421 g/mol. The number of hydrogen-bond donors (Lipinski definition) is 3. The van der Waals surface area contributed by atoms with E-state index in [0.717, 1.165) is 0 Å². The van der Waals surface area contributed by atoms with Crippen LogP contribution in [-0.2, 0) is 11.2 Å². The Bertz CT molecular complexity index is 1030. The number of hydrogen-bond acceptors (Lipinski definition) is 6. The van der Waals surface area contributed by atoms with Crippen molar-refractivity contribution in [2.75, 3.05) is 10.6 Å². The number of halogens is 3. The average molecular weight is 436 g/mol. The molecule has 0 unspecified atom stereocenters. The topological polar surface area (TPSA) is 106 Å². The molecule has 30 heavy (non-hydrogen) atoms. The van der Waals surface area contributed by atoms with Gasteiger partial charge in [-0.1, -0.05) is 0 Å². The molecule has 4 N–H and O–H groups in total.